The number of carbonyl (C=O) groups excluding carboxylic acids is 2. The van der Waals surface area contributed by atoms with Gasteiger partial charge in [-0.1, -0.05) is 12.1 Å². The van der Waals surface area contributed by atoms with E-state index < -0.39 is 29.3 Å². The Kier molecular flexibility index (Phi) is 5.54. The molecule has 2 rings (SSSR count). The largest absolute Gasteiger partial charge is 0.466 e. The molecule has 0 aliphatic carbocycles. The Morgan fingerprint density at radius 1 is 1.08 bits per heavy atom. The third-order valence-corrected chi connectivity index (χ3v) is 3.97. The van der Waals surface area contributed by atoms with Crippen molar-refractivity contribution in [3.63, 3.8) is 0 Å². The first-order valence-corrected chi connectivity index (χ1v) is 8.31. The summed E-state index contributed by atoms with van der Waals surface area (Å²) in [7, 11) is 1.27. The topological polar surface area (TPSA) is 64.6 Å². The molecule has 0 radical (unpaired) electrons. The van der Waals surface area contributed by atoms with Crippen molar-refractivity contribution in [3.05, 3.63) is 58.2 Å². The maximum Gasteiger partial charge on any atom is 0.337 e. The maximum atomic E-state index is 13.8. The molecule has 1 atom stereocenters. The molecule has 0 bridgehead atoms. The van der Waals surface area contributed by atoms with Crippen molar-refractivity contribution in [1.82, 2.24) is 5.32 Å². The summed E-state index contributed by atoms with van der Waals surface area (Å²) >= 11 is 0. The number of allylic oxidation sites excluding steroid dienone is 2. The summed E-state index contributed by atoms with van der Waals surface area (Å²) in [4.78, 5) is 25.3. The summed E-state index contributed by atoms with van der Waals surface area (Å²) in [6, 6.07) is 5.83. The molecule has 0 fully saturated rings. The van der Waals surface area contributed by atoms with Crippen LogP contribution in [0, 0.1) is 5.82 Å². The van der Waals surface area contributed by atoms with Gasteiger partial charge in [-0.3, -0.25) is 0 Å². The molecule has 1 aromatic carbocycles. The Bertz CT molecular complexity index is 802. The number of ether oxygens (including phenoxy) is 2. The summed E-state index contributed by atoms with van der Waals surface area (Å²) in [5.41, 5.74) is 1.39. The quantitative estimate of drug-likeness (QED) is 0.834. The molecule has 1 aliphatic heterocycles. The lowest BCUT2D eigenvalue weighted by Gasteiger charge is -2.32. The Labute approximate surface area is 152 Å². The second-order valence-corrected chi connectivity index (χ2v) is 7.18. The summed E-state index contributed by atoms with van der Waals surface area (Å²) in [6.07, 6.45) is 0. The minimum Gasteiger partial charge on any atom is -0.466 e. The SMILES string of the molecule is COC(=O)C1=C(C)NC(C)=C(C(=O)OC(C)(C)C)C1c1cccc(F)c1. The molecule has 0 amide bonds. The van der Waals surface area contributed by atoms with Gasteiger partial charge in [-0.2, -0.15) is 0 Å². The van der Waals surface area contributed by atoms with E-state index in [-0.39, 0.29) is 11.1 Å². The Hall–Kier alpha value is -2.63. The van der Waals surface area contributed by atoms with Crippen LogP contribution in [0.3, 0.4) is 0 Å². The molecular weight excluding hydrogens is 337 g/mol. The number of hydrogen-bond donors (Lipinski definition) is 1. The van der Waals surface area contributed by atoms with E-state index in [1.807, 2.05) is 0 Å². The van der Waals surface area contributed by atoms with Gasteiger partial charge in [0, 0.05) is 11.4 Å². The van der Waals surface area contributed by atoms with E-state index in [9.17, 15) is 14.0 Å². The molecule has 5 nitrogen and oxygen atoms in total. The minimum absolute atomic E-state index is 0.254. The van der Waals surface area contributed by atoms with Gasteiger partial charge in [-0.25, -0.2) is 14.0 Å². The smallest absolute Gasteiger partial charge is 0.337 e. The molecule has 1 aromatic rings. The molecule has 0 saturated heterocycles. The highest BCUT2D eigenvalue weighted by molar-refractivity contribution is 5.99. The lowest BCUT2D eigenvalue weighted by Crippen LogP contribution is -2.34. The fourth-order valence-electron chi connectivity index (χ4n) is 3.00. The lowest BCUT2D eigenvalue weighted by atomic mass is 9.80. The number of methoxy groups -OCH3 is 1. The number of halogens is 1. The van der Waals surface area contributed by atoms with Gasteiger partial charge in [0.1, 0.15) is 11.4 Å². The van der Waals surface area contributed by atoms with Crippen molar-refractivity contribution >= 4 is 11.9 Å². The van der Waals surface area contributed by atoms with Gasteiger partial charge in [0.15, 0.2) is 0 Å². The summed E-state index contributed by atoms with van der Waals surface area (Å²) in [6.45, 7) is 8.72. The van der Waals surface area contributed by atoms with Gasteiger partial charge < -0.3 is 14.8 Å². The molecule has 1 N–H and O–H groups in total. The first-order valence-electron chi connectivity index (χ1n) is 8.31. The lowest BCUT2D eigenvalue weighted by molar-refractivity contribution is -0.150. The van der Waals surface area contributed by atoms with E-state index in [1.165, 1.54) is 19.2 Å². The number of rotatable bonds is 3. The first kappa shape index (κ1) is 19.7. The normalized spacial score (nSPS) is 17.7. The van der Waals surface area contributed by atoms with Gasteiger partial charge in [-0.15, -0.1) is 0 Å². The summed E-state index contributed by atoms with van der Waals surface area (Å²) in [5, 5.41) is 3.04. The van der Waals surface area contributed by atoms with Gasteiger partial charge in [0.2, 0.25) is 0 Å². The van der Waals surface area contributed by atoms with Crippen molar-refractivity contribution < 1.29 is 23.5 Å². The standard InChI is InChI=1S/C20H24FNO4/c1-11-15(18(23)25-6)17(13-8-7-9-14(21)10-13)16(12(2)22-11)19(24)26-20(3,4)5/h7-10,17,22H,1-6H3. The summed E-state index contributed by atoms with van der Waals surface area (Å²) in [5.74, 6) is -2.39. The molecule has 6 heteroatoms. The number of carbonyl (C=O) groups is 2. The Balaban J connectivity index is 2.65. The monoisotopic (exact) mass is 361 g/mol. The Morgan fingerprint density at radius 2 is 1.65 bits per heavy atom. The fraction of sp³-hybridized carbons (Fsp3) is 0.400. The molecule has 1 heterocycles. The predicted molar refractivity (Wildman–Crippen MR) is 95.5 cm³/mol. The van der Waals surface area contributed by atoms with E-state index in [0.717, 1.165) is 0 Å². The Morgan fingerprint density at radius 3 is 2.15 bits per heavy atom. The maximum absolute atomic E-state index is 13.8. The zero-order chi connectivity index (χ0) is 19.6. The second-order valence-electron chi connectivity index (χ2n) is 7.18. The molecule has 140 valence electrons. The van der Waals surface area contributed by atoms with Crippen LogP contribution in [-0.2, 0) is 19.1 Å². The van der Waals surface area contributed by atoms with E-state index in [0.29, 0.717) is 17.0 Å². The highest BCUT2D eigenvalue weighted by atomic mass is 19.1. The van der Waals surface area contributed by atoms with Crippen LogP contribution in [0.1, 0.15) is 46.1 Å². The van der Waals surface area contributed by atoms with Crippen molar-refractivity contribution in [2.24, 2.45) is 0 Å². The average Bonchev–Trinajstić information content (AvgIpc) is 2.51. The van der Waals surface area contributed by atoms with Crippen LogP contribution in [0.2, 0.25) is 0 Å². The van der Waals surface area contributed by atoms with Crippen molar-refractivity contribution in [2.75, 3.05) is 7.11 Å². The third-order valence-electron chi connectivity index (χ3n) is 3.97. The highest BCUT2D eigenvalue weighted by Crippen LogP contribution is 2.39. The molecule has 0 saturated carbocycles. The van der Waals surface area contributed by atoms with Crippen LogP contribution in [-0.4, -0.2) is 24.6 Å². The minimum atomic E-state index is -0.783. The number of dihydropyridines is 1. The van der Waals surface area contributed by atoms with E-state index in [4.69, 9.17) is 9.47 Å². The van der Waals surface area contributed by atoms with Crippen LogP contribution in [0.4, 0.5) is 4.39 Å². The van der Waals surface area contributed by atoms with Crippen molar-refractivity contribution in [2.45, 2.75) is 46.1 Å². The summed E-state index contributed by atoms with van der Waals surface area (Å²) < 4.78 is 24.3. The number of benzene rings is 1. The van der Waals surface area contributed by atoms with E-state index in [2.05, 4.69) is 5.32 Å². The average molecular weight is 361 g/mol. The molecule has 0 aromatic heterocycles. The zero-order valence-corrected chi connectivity index (χ0v) is 15.9. The molecule has 1 aliphatic rings. The number of hydrogen-bond acceptors (Lipinski definition) is 5. The zero-order valence-electron chi connectivity index (χ0n) is 15.9. The van der Waals surface area contributed by atoms with Gasteiger partial charge in [-0.05, 0) is 52.3 Å². The van der Waals surface area contributed by atoms with Crippen LogP contribution in [0.15, 0.2) is 46.8 Å². The van der Waals surface area contributed by atoms with Gasteiger partial charge in [0.05, 0.1) is 24.2 Å². The van der Waals surface area contributed by atoms with Crippen LogP contribution in [0.5, 0.6) is 0 Å². The number of nitrogens with one attached hydrogen (secondary N) is 1. The van der Waals surface area contributed by atoms with Gasteiger partial charge >= 0.3 is 11.9 Å². The van der Waals surface area contributed by atoms with Crippen LogP contribution < -0.4 is 5.32 Å². The van der Waals surface area contributed by atoms with Crippen LogP contribution >= 0.6 is 0 Å². The molecule has 26 heavy (non-hydrogen) atoms. The number of esters is 2. The van der Waals surface area contributed by atoms with E-state index >= 15 is 0 Å². The van der Waals surface area contributed by atoms with Gasteiger partial charge in [0.25, 0.3) is 0 Å². The van der Waals surface area contributed by atoms with Crippen LogP contribution in [0.25, 0.3) is 0 Å². The second kappa shape index (κ2) is 7.32. The molecular formula is C20H24FNO4. The van der Waals surface area contributed by atoms with Crippen molar-refractivity contribution in [1.29, 1.82) is 0 Å². The first-order chi connectivity index (χ1) is 12.0. The highest BCUT2D eigenvalue weighted by Gasteiger charge is 2.38. The third kappa shape index (κ3) is 4.12. The molecule has 0 spiro atoms. The fourth-order valence-corrected chi connectivity index (χ4v) is 3.00. The van der Waals surface area contributed by atoms with Crippen molar-refractivity contribution in [3.8, 4) is 0 Å². The van der Waals surface area contributed by atoms with E-state index in [1.54, 1.807) is 46.8 Å². The predicted octanol–water partition coefficient (Wildman–Crippen LogP) is 3.58. The molecule has 1 unspecified atom stereocenters.